The lowest BCUT2D eigenvalue weighted by Crippen LogP contribution is -2.30. The number of rotatable bonds is 5. The highest BCUT2D eigenvalue weighted by Crippen LogP contribution is 2.22. The molecule has 1 aromatic carbocycles. The average molecular weight is 315 g/mol. The van der Waals surface area contributed by atoms with Crippen LogP contribution in [0.2, 0.25) is 5.02 Å². The van der Waals surface area contributed by atoms with Crippen molar-refractivity contribution >= 4 is 23.4 Å². The number of hydrogen-bond acceptors (Lipinski definition) is 3. The van der Waals surface area contributed by atoms with Crippen molar-refractivity contribution in [3.05, 3.63) is 64.4 Å². The highest BCUT2D eigenvalue weighted by Gasteiger charge is 2.34. The van der Waals surface area contributed by atoms with E-state index in [1.165, 1.54) is 4.90 Å². The first-order chi connectivity index (χ1) is 10.7. The van der Waals surface area contributed by atoms with E-state index in [1.54, 1.807) is 36.5 Å². The van der Waals surface area contributed by atoms with Gasteiger partial charge >= 0.3 is 0 Å². The topological polar surface area (TPSA) is 50.3 Å². The van der Waals surface area contributed by atoms with Crippen molar-refractivity contribution in [2.24, 2.45) is 0 Å². The van der Waals surface area contributed by atoms with Crippen LogP contribution in [0, 0.1) is 0 Å². The molecule has 0 N–H and O–H groups in total. The van der Waals surface area contributed by atoms with Crippen molar-refractivity contribution in [2.75, 3.05) is 6.54 Å². The molecule has 22 heavy (non-hydrogen) atoms. The summed E-state index contributed by atoms with van der Waals surface area (Å²) in [5, 5.41) is 0.672. The minimum atomic E-state index is -0.193. The van der Waals surface area contributed by atoms with E-state index in [4.69, 9.17) is 11.6 Å². The second kappa shape index (κ2) is 6.28. The van der Waals surface area contributed by atoms with Crippen LogP contribution in [0.15, 0.2) is 42.6 Å². The summed E-state index contributed by atoms with van der Waals surface area (Å²) in [6.07, 6.45) is 4.06. The van der Waals surface area contributed by atoms with E-state index in [-0.39, 0.29) is 11.8 Å². The SMILES string of the molecule is O=C1c2ccccc2C(=O)N1CCCCc1cc(Cl)ccn1. The number of aromatic nitrogens is 1. The van der Waals surface area contributed by atoms with Crippen LogP contribution in [0.3, 0.4) is 0 Å². The molecule has 2 aromatic rings. The van der Waals surface area contributed by atoms with Gasteiger partial charge in [-0.1, -0.05) is 23.7 Å². The zero-order chi connectivity index (χ0) is 15.5. The fraction of sp³-hybridized carbons (Fsp3) is 0.235. The highest BCUT2D eigenvalue weighted by molar-refractivity contribution is 6.30. The van der Waals surface area contributed by atoms with Gasteiger partial charge in [-0.2, -0.15) is 0 Å². The number of amides is 2. The molecule has 0 bridgehead atoms. The summed E-state index contributed by atoms with van der Waals surface area (Å²) >= 11 is 5.91. The number of halogens is 1. The van der Waals surface area contributed by atoms with Gasteiger partial charge < -0.3 is 0 Å². The Morgan fingerprint density at radius 1 is 1.00 bits per heavy atom. The maximum Gasteiger partial charge on any atom is 0.261 e. The van der Waals surface area contributed by atoms with Gasteiger partial charge in [0.25, 0.3) is 11.8 Å². The van der Waals surface area contributed by atoms with Crippen LogP contribution in [-0.4, -0.2) is 28.2 Å². The molecule has 0 radical (unpaired) electrons. The molecule has 112 valence electrons. The predicted octanol–water partition coefficient (Wildman–Crippen LogP) is 3.35. The average Bonchev–Trinajstić information content (AvgIpc) is 2.77. The third-order valence-electron chi connectivity index (χ3n) is 3.72. The number of hydrogen-bond donors (Lipinski definition) is 0. The van der Waals surface area contributed by atoms with Crippen LogP contribution < -0.4 is 0 Å². The molecule has 2 amide bonds. The van der Waals surface area contributed by atoms with Crippen molar-refractivity contribution in [1.29, 1.82) is 0 Å². The van der Waals surface area contributed by atoms with E-state index in [9.17, 15) is 9.59 Å². The molecule has 0 fully saturated rings. The Morgan fingerprint density at radius 2 is 1.68 bits per heavy atom. The molecule has 0 aliphatic carbocycles. The molecular formula is C17H15ClN2O2. The smallest absolute Gasteiger partial charge is 0.261 e. The summed E-state index contributed by atoms with van der Waals surface area (Å²) in [5.74, 6) is -0.386. The minimum absolute atomic E-state index is 0.193. The number of unbranched alkanes of at least 4 members (excludes halogenated alkanes) is 1. The van der Waals surface area contributed by atoms with Crippen molar-refractivity contribution in [3.63, 3.8) is 0 Å². The van der Waals surface area contributed by atoms with Crippen LogP contribution in [0.4, 0.5) is 0 Å². The Balaban J connectivity index is 1.55. The number of nitrogens with zero attached hydrogens (tertiary/aromatic N) is 2. The number of benzene rings is 1. The zero-order valence-corrected chi connectivity index (χ0v) is 12.7. The van der Waals surface area contributed by atoms with Crippen LogP contribution in [-0.2, 0) is 6.42 Å². The first-order valence-electron chi connectivity index (χ1n) is 7.22. The van der Waals surface area contributed by atoms with Crippen molar-refractivity contribution in [3.8, 4) is 0 Å². The standard InChI is InChI=1S/C17H15ClN2O2/c18-12-8-9-19-13(11-12)5-3-4-10-20-16(21)14-6-1-2-7-15(14)17(20)22/h1-2,6-9,11H,3-5,10H2. The number of fused-ring (bicyclic) bond motifs is 1. The Kier molecular flexibility index (Phi) is 4.20. The fourth-order valence-electron chi connectivity index (χ4n) is 2.60. The zero-order valence-electron chi connectivity index (χ0n) is 12.0. The van der Waals surface area contributed by atoms with Gasteiger partial charge in [0.15, 0.2) is 0 Å². The van der Waals surface area contributed by atoms with E-state index in [0.29, 0.717) is 22.7 Å². The van der Waals surface area contributed by atoms with E-state index in [2.05, 4.69) is 4.98 Å². The lowest BCUT2D eigenvalue weighted by atomic mass is 10.1. The Bertz CT molecular complexity index is 695. The third-order valence-corrected chi connectivity index (χ3v) is 3.96. The van der Waals surface area contributed by atoms with E-state index in [1.807, 2.05) is 6.07 Å². The predicted molar refractivity (Wildman–Crippen MR) is 84.0 cm³/mol. The monoisotopic (exact) mass is 314 g/mol. The number of carbonyl (C=O) groups is 2. The molecule has 2 heterocycles. The summed E-state index contributed by atoms with van der Waals surface area (Å²) in [7, 11) is 0. The van der Waals surface area contributed by atoms with Gasteiger partial charge in [0, 0.05) is 23.5 Å². The quantitative estimate of drug-likeness (QED) is 0.628. The van der Waals surface area contributed by atoms with Crippen LogP contribution in [0.25, 0.3) is 0 Å². The number of imide groups is 1. The molecule has 1 aliphatic heterocycles. The van der Waals surface area contributed by atoms with Gasteiger partial charge in [-0.3, -0.25) is 19.5 Å². The van der Waals surface area contributed by atoms with Crippen molar-refractivity contribution in [2.45, 2.75) is 19.3 Å². The Hall–Kier alpha value is -2.20. The normalized spacial score (nSPS) is 13.6. The molecule has 1 aliphatic rings. The van der Waals surface area contributed by atoms with Gasteiger partial charge in [-0.05, 0) is 43.5 Å². The number of pyridine rings is 1. The maximum absolute atomic E-state index is 12.2. The summed E-state index contributed by atoms with van der Waals surface area (Å²) in [5.41, 5.74) is 1.93. The lowest BCUT2D eigenvalue weighted by Gasteiger charge is -2.13. The van der Waals surface area contributed by atoms with Gasteiger partial charge in [-0.15, -0.1) is 0 Å². The maximum atomic E-state index is 12.2. The molecule has 0 atom stereocenters. The van der Waals surface area contributed by atoms with Gasteiger partial charge in [-0.25, -0.2) is 0 Å². The van der Waals surface area contributed by atoms with E-state index in [0.717, 1.165) is 25.0 Å². The first-order valence-corrected chi connectivity index (χ1v) is 7.60. The second-order valence-electron chi connectivity index (χ2n) is 5.23. The Morgan fingerprint density at radius 3 is 2.32 bits per heavy atom. The van der Waals surface area contributed by atoms with Crippen LogP contribution in [0.5, 0.6) is 0 Å². The third kappa shape index (κ3) is 2.88. The summed E-state index contributed by atoms with van der Waals surface area (Å²) in [4.78, 5) is 30.0. The molecule has 0 saturated carbocycles. The number of aryl methyl sites for hydroxylation is 1. The van der Waals surface area contributed by atoms with Crippen molar-refractivity contribution in [1.82, 2.24) is 9.88 Å². The largest absolute Gasteiger partial charge is 0.274 e. The van der Waals surface area contributed by atoms with Gasteiger partial charge in [0.05, 0.1) is 11.1 Å². The second-order valence-corrected chi connectivity index (χ2v) is 5.67. The fourth-order valence-corrected chi connectivity index (χ4v) is 2.79. The summed E-state index contributed by atoms with van der Waals surface area (Å²) < 4.78 is 0. The molecular weight excluding hydrogens is 300 g/mol. The van der Waals surface area contributed by atoms with Gasteiger partial charge in [0.2, 0.25) is 0 Å². The molecule has 0 unspecified atom stereocenters. The molecule has 3 rings (SSSR count). The van der Waals surface area contributed by atoms with E-state index < -0.39 is 0 Å². The summed E-state index contributed by atoms with van der Waals surface area (Å²) in [6, 6.07) is 10.5. The van der Waals surface area contributed by atoms with E-state index >= 15 is 0 Å². The molecule has 4 nitrogen and oxygen atoms in total. The van der Waals surface area contributed by atoms with Gasteiger partial charge in [0.1, 0.15) is 0 Å². The molecule has 1 aromatic heterocycles. The first kappa shape index (κ1) is 14.7. The minimum Gasteiger partial charge on any atom is -0.274 e. The van der Waals surface area contributed by atoms with Crippen LogP contribution >= 0.6 is 11.6 Å². The summed E-state index contributed by atoms with van der Waals surface area (Å²) in [6.45, 7) is 0.437. The molecule has 0 spiro atoms. The highest BCUT2D eigenvalue weighted by atomic mass is 35.5. The van der Waals surface area contributed by atoms with Crippen LogP contribution in [0.1, 0.15) is 39.3 Å². The number of carbonyl (C=O) groups excluding carboxylic acids is 2. The molecule has 0 saturated heterocycles. The van der Waals surface area contributed by atoms with Crippen molar-refractivity contribution < 1.29 is 9.59 Å². The lowest BCUT2D eigenvalue weighted by molar-refractivity contribution is 0.0652. The Labute approximate surface area is 133 Å². The molecule has 5 heteroatoms.